The third-order valence-electron chi connectivity index (χ3n) is 4.33. The topological polar surface area (TPSA) is 49.3 Å². The van der Waals surface area contributed by atoms with E-state index in [1.54, 1.807) is 0 Å². The lowest BCUT2D eigenvalue weighted by atomic mass is 9.91. The van der Waals surface area contributed by atoms with Gasteiger partial charge in [0.05, 0.1) is 5.92 Å². The Kier molecular flexibility index (Phi) is 5.06. The Hall–Kier alpha value is -1.06. The van der Waals surface area contributed by atoms with E-state index in [1.807, 2.05) is 6.07 Å². The molecule has 0 aliphatic carbocycles. The summed E-state index contributed by atoms with van der Waals surface area (Å²) in [5.74, 6) is -0.517. The molecular weight excluding hydrogens is 274 g/mol. The Labute approximate surface area is 125 Å². The van der Waals surface area contributed by atoms with E-state index in [1.165, 1.54) is 5.56 Å². The largest absolute Gasteiger partial charge is 0.481 e. The van der Waals surface area contributed by atoms with Gasteiger partial charge >= 0.3 is 5.97 Å². The number of halogens is 1. The van der Waals surface area contributed by atoms with Crippen LogP contribution in [-0.2, 0) is 4.79 Å². The quantitative estimate of drug-likeness (QED) is 0.864. The highest BCUT2D eigenvalue weighted by Gasteiger charge is 2.30. The molecule has 0 radical (unpaired) electrons. The molecule has 0 amide bonds. The number of hydrogen-bond donors (Lipinski definition) is 2. The van der Waals surface area contributed by atoms with E-state index in [9.17, 15) is 4.79 Å². The summed E-state index contributed by atoms with van der Waals surface area (Å²) in [6.07, 6.45) is 2.80. The summed E-state index contributed by atoms with van der Waals surface area (Å²) >= 11 is 6.41. The number of carbonyl (C=O) groups is 1. The monoisotopic (exact) mass is 295 g/mol. The molecule has 2 atom stereocenters. The number of carboxylic acid groups (broad SMARTS) is 1. The first-order valence-corrected chi connectivity index (χ1v) is 7.70. The zero-order chi connectivity index (χ0) is 14.7. The van der Waals surface area contributed by atoms with Crippen LogP contribution in [0.3, 0.4) is 0 Å². The molecule has 3 nitrogen and oxygen atoms in total. The van der Waals surface area contributed by atoms with Gasteiger partial charge in [-0.15, -0.1) is 0 Å². The van der Waals surface area contributed by atoms with Crippen LogP contribution < -0.4 is 5.32 Å². The molecule has 1 fully saturated rings. The highest BCUT2D eigenvalue weighted by Crippen LogP contribution is 2.34. The van der Waals surface area contributed by atoms with Crippen molar-refractivity contribution in [2.24, 2.45) is 5.92 Å². The molecule has 0 bridgehead atoms. The van der Waals surface area contributed by atoms with Crippen molar-refractivity contribution in [3.05, 3.63) is 34.3 Å². The van der Waals surface area contributed by atoms with Gasteiger partial charge in [0.1, 0.15) is 0 Å². The fourth-order valence-corrected chi connectivity index (χ4v) is 3.34. The minimum Gasteiger partial charge on any atom is -0.481 e. The second-order valence-electron chi connectivity index (χ2n) is 5.53. The van der Waals surface area contributed by atoms with Crippen LogP contribution >= 0.6 is 11.6 Å². The van der Waals surface area contributed by atoms with Gasteiger partial charge in [-0.1, -0.05) is 37.6 Å². The predicted molar refractivity (Wildman–Crippen MR) is 81.3 cm³/mol. The van der Waals surface area contributed by atoms with Gasteiger partial charge in [-0.3, -0.25) is 4.79 Å². The molecule has 1 heterocycles. The predicted octanol–water partition coefficient (Wildman–Crippen LogP) is 3.98. The summed E-state index contributed by atoms with van der Waals surface area (Å²) < 4.78 is 0. The molecule has 20 heavy (non-hydrogen) atoms. The van der Waals surface area contributed by atoms with Crippen LogP contribution in [0.1, 0.15) is 56.2 Å². The summed E-state index contributed by atoms with van der Waals surface area (Å²) in [6.45, 7) is 4.88. The third kappa shape index (κ3) is 3.15. The van der Waals surface area contributed by atoms with Gasteiger partial charge in [0, 0.05) is 17.6 Å². The van der Waals surface area contributed by atoms with Crippen molar-refractivity contribution in [3.8, 4) is 0 Å². The van der Waals surface area contributed by atoms with E-state index < -0.39 is 5.97 Å². The SMILES string of the molecule is CCC(CC)c1ccc(C2CC(C(=O)O)CN2)cc1Cl. The molecule has 0 spiro atoms. The van der Waals surface area contributed by atoms with Gasteiger partial charge in [-0.25, -0.2) is 0 Å². The first kappa shape index (κ1) is 15.3. The normalized spacial score (nSPS) is 22.4. The van der Waals surface area contributed by atoms with E-state index in [-0.39, 0.29) is 12.0 Å². The molecule has 0 saturated carbocycles. The maximum atomic E-state index is 11.0. The average Bonchev–Trinajstić information content (AvgIpc) is 2.91. The highest BCUT2D eigenvalue weighted by molar-refractivity contribution is 6.31. The second kappa shape index (κ2) is 6.59. The zero-order valence-corrected chi connectivity index (χ0v) is 12.8. The molecule has 1 saturated heterocycles. The third-order valence-corrected chi connectivity index (χ3v) is 4.66. The minimum atomic E-state index is -0.722. The van der Waals surface area contributed by atoms with Gasteiger partial charge in [-0.05, 0) is 42.4 Å². The molecule has 110 valence electrons. The van der Waals surface area contributed by atoms with Crippen molar-refractivity contribution < 1.29 is 9.90 Å². The Bertz CT molecular complexity index is 485. The lowest BCUT2D eigenvalue weighted by Crippen LogP contribution is -2.17. The van der Waals surface area contributed by atoms with E-state index in [0.29, 0.717) is 18.9 Å². The molecule has 2 N–H and O–H groups in total. The molecule has 2 unspecified atom stereocenters. The summed E-state index contributed by atoms with van der Waals surface area (Å²) in [6, 6.07) is 6.29. The summed E-state index contributed by atoms with van der Waals surface area (Å²) in [5.41, 5.74) is 2.29. The van der Waals surface area contributed by atoms with Crippen molar-refractivity contribution in [1.82, 2.24) is 5.32 Å². The molecule has 2 rings (SSSR count). The number of benzene rings is 1. The lowest BCUT2D eigenvalue weighted by molar-refractivity contribution is -0.141. The Morgan fingerprint density at radius 1 is 1.45 bits per heavy atom. The zero-order valence-electron chi connectivity index (χ0n) is 12.0. The number of nitrogens with one attached hydrogen (secondary N) is 1. The number of rotatable bonds is 5. The molecule has 1 aromatic rings. The maximum absolute atomic E-state index is 11.0. The number of carboxylic acids is 1. The molecule has 1 aliphatic rings. The van der Waals surface area contributed by atoms with E-state index in [4.69, 9.17) is 16.7 Å². The Morgan fingerprint density at radius 3 is 2.65 bits per heavy atom. The molecule has 4 heteroatoms. The van der Waals surface area contributed by atoms with Crippen LogP contribution in [0.4, 0.5) is 0 Å². The molecule has 1 aliphatic heterocycles. The number of aliphatic carboxylic acids is 1. The van der Waals surface area contributed by atoms with Crippen LogP contribution in [0.5, 0.6) is 0 Å². The van der Waals surface area contributed by atoms with E-state index in [2.05, 4.69) is 31.3 Å². The highest BCUT2D eigenvalue weighted by atomic mass is 35.5. The van der Waals surface area contributed by atoms with Crippen molar-refractivity contribution in [1.29, 1.82) is 0 Å². The first-order valence-electron chi connectivity index (χ1n) is 7.32. The van der Waals surface area contributed by atoms with Crippen LogP contribution in [0.25, 0.3) is 0 Å². The van der Waals surface area contributed by atoms with Crippen molar-refractivity contribution in [3.63, 3.8) is 0 Å². The second-order valence-corrected chi connectivity index (χ2v) is 5.93. The maximum Gasteiger partial charge on any atom is 0.307 e. The molecule has 1 aromatic carbocycles. The fraction of sp³-hybridized carbons (Fsp3) is 0.562. The van der Waals surface area contributed by atoms with Crippen LogP contribution in [0.15, 0.2) is 18.2 Å². The van der Waals surface area contributed by atoms with Crippen LogP contribution in [-0.4, -0.2) is 17.6 Å². The van der Waals surface area contributed by atoms with E-state index >= 15 is 0 Å². The van der Waals surface area contributed by atoms with Gasteiger partial charge in [0.2, 0.25) is 0 Å². The minimum absolute atomic E-state index is 0.101. The standard InChI is InChI=1S/C16H22ClNO2/c1-3-10(4-2)13-6-5-11(7-14(13)17)15-8-12(9-18-15)16(19)20/h5-7,10,12,15,18H,3-4,8-9H2,1-2H3,(H,19,20). The molecular formula is C16H22ClNO2. The smallest absolute Gasteiger partial charge is 0.307 e. The first-order chi connectivity index (χ1) is 9.56. The summed E-state index contributed by atoms with van der Waals surface area (Å²) in [5, 5.41) is 13.1. The summed E-state index contributed by atoms with van der Waals surface area (Å²) in [7, 11) is 0. The van der Waals surface area contributed by atoms with Gasteiger partial charge in [0.25, 0.3) is 0 Å². The van der Waals surface area contributed by atoms with Crippen molar-refractivity contribution in [2.75, 3.05) is 6.54 Å². The van der Waals surface area contributed by atoms with Gasteiger partial charge < -0.3 is 10.4 Å². The van der Waals surface area contributed by atoms with Crippen molar-refractivity contribution in [2.45, 2.75) is 45.1 Å². The Morgan fingerprint density at radius 2 is 2.15 bits per heavy atom. The lowest BCUT2D eigenvalue weighted by Gasteiger charge is -2.17. The van der Waals surface area contributed by atoms with Crippen LogP contribution in [0, 0.1) is 5.92 Å². The fourth-order valence-electron chi connectivity index (χ4n) is 3.00. The molecule has 0 aromatic heterocycles. The van der Waals surface area contributed by atoms with Crippen LogP contribution in [0.2, 0.25) is 5.02 Å². The summed E-state index contributed by atoms with van der Waals surface area (Å²) in [4.78, 5) is 11.0. The van der Waals surface area contributed by atoms with Gasteiger partial charge in [-0.2, -0.15) is 0 Å². The van der Waals surface area contributed by atoms with E-state index in [0.717, 1.165) is 23.4 Å². The average molecular weight is 296 g/mol. The van der Waals surface area contributed by atoms with Gasteiger partial charge in [0.15, 0.2) is 0 Å². The van der Waals surface area contributed by atoms with Crippen molar-refractivity contribution >= 4 is 17.6 Å². The number of hydrogen-bond acceptors (Lipinski definition) is 2. The Balaban J connectivity index is 2.15.